The molecule has 9 nitrogen and oxygen atoms in total. The molecule has 0 radical (unpaired) electrons. The highest BCUT2D eigenvalue weighted by Gasteiger charge is 2.25. The van der Waals surface area contributed by atoms with Crippen molar-refractivity contribution in [2.75, 3.05) is 26.7 Å². The molecule has 0 unspecified atom stereocenters. The fourth-order valence-electron chi connectivity index (χ4n) is 3.27. The van der Waals surface area contributed by atoms with Gasteiger partial charge in [0, 0.05) is 26.7 Å². The summed E-state index contributed by atoms with van der Waals surface area (Å²) in [7, 11) is 1.44. The molecule has 0 bridgehead atoms. The second-order valence-electron chi connectivity index (χ2n) is 7.01. The number of hydrogen-bond acceptors (Lipinski definition) is 5. The van der Waals surface area contributed by atoms with Gasteiger partial charge in [0.1, 0.15) is 18.0 Å². The maximum atomic E-state index is 13.0. The maximum absolute atomic E-state index is 13.0. The highest BCUT2D eigenvalue weighted by molar-refractivity contribution is 5.97. The molecular formula is C20H23F2N5O4. The van der Waals surface area contributed by atoms with Gasteiger partial charge in [-0.3, -0.25) is 14.4 Å². The van der Waals surface area contributed by atoms with E-state index in [-0.39, 0.29) is 36.3 Å². The number of halogens is 2. The molecule has 0 saturated carbocycles. The Hall–Kier alpha value is -3.50. The molecule has 31 heavy (non-hydrogen) atoms. The molecular weight excluding hydrogens is 412 g/mol. The molecule has 3 amide bonds. The summed E-state index contributed by atoms with van der Waals surface area (Å²) in [6, 6.07) is 5.87. The van der Waals surface area contributed by atoms with Crippen LogP contribution in [0.25, 0.3) is 0 Å². The first kappa shape index (κ1) is 22.2. The van der Waals surface area contributed by atoms with E-state index in [1.807, 2.05) is 0 Å². The van der Waals surface area contributed by atoms with Gasteiger partial charge in [0.25, 0.3) is 11.8 Å². The van der Waals surface area contributed by atoms with E-state index in [1.54, 1.807) is 11.0 Å². The normalized spacial score (nSPS) is 13.4. The molecule has 2 heterocycles. The summed E-state index contributed by atoms with van der Waals surface area (Å²) in [5, 5.41) is 2.44. The average molecular weight is 435 g/mol. The van der Waals surface area contributed by atoms with Gasteiger partial charge in [-0.05, 0) is 30.5 Å². The van der Waals surface area contributed by atoms with Crippen LogP contribution in [0.3, 0.4) is 0 Å². The number of aromatic amines is 1. The molecule has 1 aliphatic heterocycles. The second kappa shape index (κ2) is 10.0. The van der Waals surface area contributed by atoms with Gasteiger partial charge in [-0.2, -0.15) is 8.78 Å². The Bertz CT molecular complexity index is 943. The first-order chi connectivity index (χ1) is 14.9. The molecule has 166 valence electrons. The van der Waals surface area contributed by atoms with Crippen LogP contribution in [0.5, 0.6) is 5.75 Å². The summed E-state index contributed by atoms with van der Waals surface area (Å²) >= 11 is 0. The number of hydrogen-bond donors (Lipinski definition) is 2. The standard InChI is InChI=1S/C20H23F2N5O4/c1-23-16(28)12-27(11-13-5-4-6-14(9-13)31-20(21)22)18(29)15-10-24-17(25-15)19(30)26-7-2-3-8-26/h4-6,9-10,20H,2-3,7-8,11-12H2,1H3,(H,23,28)(H,24,25). The number of aromatic nitrogens is 2. The minimum absolute atomic E-state index is 0.0406. The van der Waals surface area contributed by atoms with Gasteiger partial charge in [0.2, 0.25) is 5.91 Å². The van der Waals surface area contributed by atoms with E-state index in [0.717, 1.165) is 12.8 Å². The monoisotopic (exact) mass is 435 g/mol. The minimum atomic E-state index is -2.98. The third-order valence-electron chi connectivity index (χ3n) is 4.80. The summed E-state index contributed by atoms with van der Waals surface area (Å²) < 4.78 is 29.3. The largest absolute Gasteiger partial charge is 0.435 e. The number of amides is 3. The molecule has 1 aliphatic rings. The van der Waals surface area contributed by atoms with Gasteiger partial charge in [0.15, 0.2) is 5.82 Å². The quantitative estimate of drug-likeness (QED) is 0.656. The van der Waals surface area contributed by atoms with Crippen LogP contribution in [-0.4, -0.2) is 70.8 Å². The molecule has 1 aromatic heterocycles. The number of H-pyrrole nitrogens is 1. The number of benzene rings is 1. The molecule has 11 heteroatoms. The van der Waals surface area contributed by atoms with Crippen LogP contribution < -0.4 is 10.1 Å². The first-order valence-corrected chi connectivity index (χ1v) is 9.75. The van der Waals surface area contributed by atoms with Crippen molar-refractivity contribution in [1.29, 1.82) is 0 Å². The number of carbonyl (C=O) groups is 3. The van der Waals surface area contributed by atoms with E-state index in [9.17, 15) is 23.2 Å². The van der Waals surface area contributed by atoms with Crippen LogP contribution in [0.1, 0.15) is 39.5 Å². The van der Waals surface area contributed by atoms with Gasteiger partial charge in [-0.25, -0.2) is 4.98 Å². The third-order valence-corrected chi connectivity index (χ3v) is 4.80. The SMILES string of the molecule is CNC(=O)CN(Cc1cccc(OC(F)F)c1)C(=O)c1cnc(C(=O)N2CCCC2)[nH]1. The van der Waals surface area contributed by atoms with Crippen molar-refractivity contribution in [1.82, 2.24) is 25.1 Å². The van der Waals surface area contributed by atoms with E-state index >= 15 is 0 Å². The van der Waals surface area contributed by atoms with E-state index in [2.05, 4.69) is 20.0 Å². The molecule has 1 saturated heterocycles. The van der Waals surface area contributed by atoms with E-state index < -0.39 is 18.4 Å². The zero-order valence-corrected chi connectivity index (χ0v) is 16.9. The number of nitrogens with zero attached hydrogens (tertiary/aromatic N) is 3. The molecule has 0 aliphatic carbocycles. The fourth-order valence-corrected chi connectivity index (χ4v) is 3.27. The molecule has 1 fully saturated rings. The van der Waals surface area contributed by atoms with Crippen LogP contribution in [0, 0.1) is 0 Å². The molecule has 2 N–H and O–H groups in total. The summed E-state index contributed by atoms with van der Waals surface area (Å²) in [5.74, 6) is -1.26. The van der Waals surface area contributed by atoms with Crippen molar-refractivity contribution in [2.24, 2.45) is 0 Å². The molecule has 1 aromatic carbocycles. The van der Waals surface area contributed by atoms with Crippen molar-refractivity contribution in [2.45, 2.75) is 26.0 Å². The Labute approximate surface area is 177 Å². The number of rotatable bonds is 8. The second-order valence-corrected chi connectivity index (χ2v) is 7.01. The average Bonchev–Trinajstić information content (AvgIpc) is 3.44. The van der Waals surface area contributed by atoms with E-state index in [1.165, 1.54) is 36.3 Å². The van der Waals surface area contributed by atoms with Crippen molar-refractivity contribution in [3.8, 4) is 5.75 Å². The zero-order valence-electron chi connectivity index (χ0n) is 16.9. The van der Waals surface area contributed by atoms with Gasteiger partial charge < -0.3 is 24.8 Å². The van der Waals surface area contributed by atoms with Gasteiger partial charge in [-0.1, -0.05) is 12.1 Å². The molecule has 0 spiro atoms. The topological polar surface area (TPSA) is 108 Å². The highest BCUT2D eigenvalue weighted by Crippen LogP contribution is 2.18. The number of ether oxygens (including phenoxy) is 1. The summed E-state index contributed by atoms with van der Waals surface area (Å²) in [6.45, 7) is -2.01. The zero-order chi connectivity index (χ0) is 22.4. The Morgan fingerprint density at radius 1 is 1.29 bits per heavy atom. The maximum Gasteiger partial charge on any atom is 0.387 e. The summed E-state index contributed by atoms with van der Waals surface area (Å²) in [4.78, 5) is 47.0. The van der Waals surface area contributed by atoms with Crippen molar-refractivity contribution in [3.05, 3.63) is 47.5 Å². The van der Waals surface area contributed by atoms with Gasteiger partial charge in [0.05, 0.1) is 6.20 Å². The Balaban J connectivity index is 1.78. The Morgan fingerprint density at radius 3 is 2.71 bits per heavy atom. The Kier molecular flexibility index (Phi) is 7.16. The van der Waals surface area contributed by atoms with E-state index in [4.69, 9.17) is 0 Å². The van der Waals surface area contributed by atoms with E-state index in [0.29, 0.717) is 18.7 Å². The van der Waals surface area contributed by atoms with Crippen LogP contribution in [-0.2, 0) is 11.3 Å². The molecule has 2 aromatic rings. The lowest BCUT2D eigenvalue weighted by molar-refractivity contribution is -0.121. The van der Waals surface area contributed by atoms with Crippen LogP contribution in [0.15, 0.2) is 30.5 Å². The third kappa shape index (κ3) is 5.77. The first-order valence-electron chi connectivity index (χ1n) is 9.75. The smallest absolute Gasteiger partial charge is 0.387 e. The number of alkyl halides is 2. The molecule has 0 atom stereocenters. The van der Waals surface area contributed by atoms with Crippen LogP contribution in [0.2, 0.25) is 0 Å². The Morgan fingerprint density at radius 2 is 2.03 bits per heavy atom. The minimum Gasteiger partial charge on any atom is -0.435 e. The van der Waals surface area contributed by atoms with Gasteiger partial charge in [-0.15, -0.1) is 0 Å². The lowest BCUT2D eigenvalue weighted by Crippen LogP contribution is -2.39. The summed E-state index contributed by atoms with van der Waals surface area (Å²) in [6.07, 6.45) is 3.10. The van der Waals surface area contributed by atoms with Gasteiger partial charge >= 0.3 is 6.61 Å². The lowest BCUT2D eigenvalue weighted by Gasteiger charge is -2.21. The summed E-state index contributed by atoms with van der Waals surface area (Å²) in [5.41, 5.74) is 0.537. The predicted octanol–water partition coefficient (Wildman–Crippen LogP) is 1.64. The van der Waals surface area contributed by atoms with Crippen LogP contribution in [0.4, 0.5) is 8.78 Å². The number of likely N-dealkylation sites (tertiary alicyclic amines) is 1. The number of carbonyl (C=O) groups excluding carboxylic acids is 3. The number of likely N-dealkylation sites (N-methyl/N-ethyl adjacent to an activating group) is 1. The number of imidazole rings is 1. The highest BCUT2D eigenvalue weighted by atomic mass is 19.3. The lowest BCUT2D eigenvalue weighted by atomic mass is 10.2. The van der Waals surface area contributed by atoms with Crippen molar-refractivity contribution in [3.63, 3.8) is 0 Å². The van der Waals surface area contributed by atoms with Crippen LogP contribution >= 0.6 is 0 Å². The fraction of sp³-hybridized carbons (Fsp3) is 0.400. The van der Waals surface area contributed by atoms with Crippen molar-refractivity contribution < 1.29 is 27.9 Å². The number of nitrogens with one attached hydrogen (secondary N) is 2. The predicted molar refractivity (Wildman–Crippen MR) is 106 cm³/mol. The molecule has 3 rings (SSSR count). The van der Waals surface area contributed by atoms with Crippen molar-refractivity contribution >= 4 is 17.7 Å².